The summed E-state index contributed by atoms with van der Waals surface area (Å²) < 4.78 is 16.3. The first-order valence-electron chi connectivity index (χ1n) is 13.3. The van der Waals surface area contributed by atoms with Crippen molar-refractivity contribution in [3.8, 4) is 11.5 Å². The SMILES string of the molecule is O=C(CC[C@@H]1N=C2c3ccccc3N=C(SCC(=O)NC[C@H]3CCCO3)N2C1=O)NCc1ccc2c(c1)OCO2. The van der Waals surface area contributed by atoms with E-state index in [9.17, 15) is 14.4 Å². The van der Waals surface area contributed by atoms with Crippen molar-refractivity contribution in [2.75, 3.05) is 25.7 Å². The Morgan fingerprint density at radius 2 is 1.95 bits per heavy atom. The van der Waals surface area contributed by atoms with Crippen LogP contribution in [-0.4, -0.2) is 71.5 Å². The fourth-order valence-corrected chi connectivity index (χ4v) is 5.74. The summed E-state index contributed by atoms with van der Waals surface area (Å²) in [7, 11) is 0. The maximum absolute atomic E-state index is 13.4. The molecule has 11 nitrogen and oxygen atoms in total. The fourth-order valence-electron chi connectivity index (χ4n) is 4.91. The van der Waals surface area contributed by atoms with E-state index < -0.39 is 6.04 Å². The Morgan fingerprint density at radius 3 is 2.83 bits per heavy atom. The van der Waals surface area contributed by atoms with E-state index >= 15 is 0 Å². The first-order valence-corrected chi connectivity index (χ1v) is 14.3. The highest BCUT2D eigenvalue weighted by Crippen LogP contribution is 2.35. The third-order valence-electron chi connectivity index (χ3n) is 7.00. The van der Waals surface area contributed by atoms with Crippen molar-refractivity contribution in [1.29, 1.82) is 0 Å². The van der Waals surface area contributed by atoms with E-state index in [-0.39, 0.29) is 49.2 Å². The number of hydrogen-bond donors (Lipinski definition) is 2. The Bertz CT molecular complexity index is 1390. The topological polar surface area (TPSA) is 131 Å². The molecule has 2 aromatic rings. The zero-order chi connectivity index (χ0) is 27.5. The van der Waals surface area contributed by atoms with Crippen molar-refractivity contribution >= 4 is 46.2 Å². The monoisotopic (exact) mass is 563 g/mol. The number of aliphatic imine (C=N–C) groups is 2. The van der Waals surface area contributed by atoms with Gasteiger partial charge in [-0.25, -0.2) is 9.89 Å². The third kappa shape index (κ3) is 5.68. The molecule has 0 aliphatic carbocycles. The van der Waals surface area contributed by atoms with Gasteiger partial charge in [-0.1, -0.05) is 30.0 Å². The van der Waals surface area contributed by atoms with E-state index in [0.717, 1.165) is 30.6 Å². The van der Waals surface area contributed by atoms with Gasteiger partial charge in [0.1, 0.15) is 11.9 Å². The molecule has 2 atom stereocenters. The van der Waals surface area contributed by atoms with Crippen molar-refractivity contribution in [2.24, 2.45) is 9.98 Å². The summed E-state index contributed by atoms with van der Waals surface area (Å²) >= 11 is 1.20. The number of amidine groups is 2. The molecule has 4 aliphatic rings. The average Bonchev–Trinajstić information content (AvgIpc) is 3.73. The first-order chi connectivity index (χ1) is 19.5. The molecule has 0 unspecified atom stereocenters. The molecule has 12 heteroatoms. The van der Waals surface area contributed by atoms with E-state index in [1.807, 2.05) is 42.5 Å². The number of para-hydroxylation sites is 1. The lowest BCUT2D eigenvalue weighted by molar-refractivity contribution is -0.125. The summed E-state index contributed by atoms with van der Waals surface area (Å²) in [5, 5.41) is 6.20. The Kier molecular flexibility index (Phi) is 7.69. The van der Waals surface area contributed by atoms with Crippen LogP contribution >= 0.6 is 11.8 Å². The van der Waals surface area contributed by atoms with E-state index in [1.165, 1.54) is 16.7 Å². The van der Waals surface area contributed by atoms with E-state index in [2.05, 4.69) is 15.6 Å². The van der Waals surface area contributed by atoms with Gasteiger partial charge in [-0.3, -0.25) is 19.4 Å². The number of ether oxygens (including phenoxy) is 3. The highest BCUT2D eigenvalue weighted by molar-refractivity contribution is 8.14. The Labute approximate surface area is 235 Å². The highest BCUT2D eigenvalue weighted by atomic mass is 32.2. The molecule has 1 saturated heterocycles. The molecule has 0 aromatic heterocycles. The Balaban J connectivity index is 1.06. The number of amides is 3. The summed E-state index contributed by atoms with van der Waals surface area (Å²) in [5.74, 6) is 1.38. The summed E-state index contributed by atoms with van der Waals surface area (Å²) in [5.41, 5.74) is 2.33. The van der Waals surface area contributed by atoms with Crippen LogP contribution in [0, 0.1) is 0 Å². The van der Waals surface area contributed by atoms with Crippen LogP contribution in [-0.2, 0) is 25.7 Å². The van der Waals surface area contributed by atoms with Crippen molar-refractivity contribution in [3.05, 3.63) is 53.6 Å². The molecule has 0 spiro atoms. The molecule has 2 aromatic carbocycles. The highest BCUT2D eigenvalue weighted by Gasteiger charge is 2.41. The van der Waals surface area contributed by atoms with Crippen LogP contribution in [0.5, 0.6) is 11.5 Å². The summed E-state index contributed by atoms with van der Waals surface area (Å²) in [6.07, 6.45) is 2.40. The van der Waals surface area contributed by atoms with Gasteiger partial charge >= 0.3 is 0 Å². The third-order valence-corrected chi connectivity index (χ3v) is 7.94. The number of carbonyl (C=O) groups is 3. The van der Waals surface area contributed by atoms with Gasteiger partial charge in [0.25, 0.3) is 5.91 Å². The van der Waals surface area contributed by atoms with Crippen molar-refractivity contribution in [3.63, 3.8) is 0 Å². The minimum Gasteiger partial charge on any atom is -0.454 e. The summed E-state index contributed by atoms with van der Waals surface area (Å²) in [6, 6.07) is 12.3. The molecule has 6 rings (SSSR count). The molecule has 3 amide bonds. The second-order valence-electron chi connectivity index (χ2n) is 9.78. The van der Waals surface area contributed by atoms with Gasteiger partial charge in [0, 0.05) is 31.7 Å². The Hall–Kier alpha value is -3.90. The molecule has 1 fully saturated rings. The molecule has 40 heavy (non-hydrogen) atoms. The zero-order valence-corrected chi connectivity index (χ0v) is 22.6. The Morgan fingerprint density at radius 1 is 1.07 bits per heavy atom. The number of carbonyl (C=O) groups excluding carboxylic acids is 3. The lowest BCUT2D eigenvalue weighted by atomic mass is 10.1. The van der Waals surface area contributed by atoms with Gasteiger partial charge in [-0.2, -0.15) is 0 Å². The maximum atomic E-state index is 13.4. The lowest BCUT2D eigenvalue weighted by Gasteiger charge is -2.25. The van der Waals surface area contributed by atoms with Gasteiger partial charge in [0.05, 0.1) is 17.5 Å². The predicted octanol–water partition coefficient (Wildman–Crippen LogP) is 2.50. The van der Waals surface area contributed by atoms with E-state index in [1.54, 1.807) is 0 Å². The molecule has 4 heterocycles. The van der Waals surface area contributed by atoms with Crippen LogP contribution in [0.4, 0.5) is 5.69 Å². The van der Waals surface area contributed by atoms with Gasteiger partial charge in [-0.05, 0) is 49.1 Å². The number of thioether (sulfide) groups is 1. The van der Waals surface area contributed by atoms with Crippen LogP contribution < -0.4 is 20.1 Å². The minimum absolute atomic E-state index is 0.0571. The number of rotatable bonds is 9. The largest absolute Gasteiger partial charge is 0.454 e. The van der Waals surface area contributed by atoms with Crippen LogP contribution in [0.2, 0.25) is 0 Å². The van der Waals surface area contributed by atoms with Crippen LogP contribution in [0.3, 0.4) is 0 Å². The van der Waals surface area contributed by atoms with Gasteiger partial charge in [0.15, 0.2) is 16.7 Å². The molecular weight excluding hydrogens is 534 g/mol. The standard InChI is InChI=1S/C28H29N5O6S/c34-24(29-13-17-7-9-22-23(12-17)39-16-38-22)10-8-21-27(36)33-26(31-21)19-5-1-2-6-20(19)32-28(33)40-15-25(35)30-14-18-4-3-11-37-18/h1-2,5-7,9,12,18,21H,3-4,8,10-11,13-16H2,(H,29,34)(H,30,35)/t18-,21+/m1/s1. The molecule has 0 saturated carbocycles. The van der Waals surface area contributed by atoms with E-state index in [0.29, 0.717) is 41.3 Å². The number of benzene rings is 2. The molecule has 208 valence electrons. The smallest absolute Gasteiger partial charge is 0.259 e. The summed E-state index contributed by atoms with van der Waals surface area (Å²) in [6.45, 7) is 1.74. The average molecular weight is 564 g/mol. The normalized spacial score (nSPS) is 20.5. The molecule has 2 N–H and O–H groups in total. The lowest BCUT2D eigenvalue weighted by Crippen LogP contribution is -2.42. The predicted molar refractivity (Wildman–Crippen MR) is 149 cm³/mol. The fraction of sp³-hybridized carbons (Fsp3) is 0.393. The van der Waals surface area contributed by atoms with Crippen molar-refractivity contribution in [1.82, 2.24) is 15.5 Å². The number of nitrogens with one attached hydrogen (secondary N) is 2. The first kappa shape index (κ1) is 26.3. The number of fused-ring (bicyclic) bond motifs is 4. The van der Waals surface area contributed by atoms with E-state index in [4.69, 9.17) is 19.2 Å². The molecule has 0 bridgehead atoms. The molecular formula is C28H29N5O6S. The number of hydrogen-bond acceptors (Lipinski definition) is 9. The quantitative estimate of drug-likeness (QED) is 0.479. The summed E-state index contributed by atoms with van der Waals surface area (Å²) in [4.78, 5) is 49.4. The second kappa shape index (κ2) is 11.7. The zero-order valence-electron chi connectivity index (χ0n) is 21.8. The minimum atomic E-state index is -0.711. The number of nitrogens with zero attached hydrogens (tertiary/aromatic N) is 3. The maximum Gasteiger partial charge on any atom is 0.259 e. The van der Waals surface area contributed by atoms with Crippen LogP contribution in [0.15, 0.2) is 52.4 Å². The van der Waals surface area contributed by atoms with Crippen LogP contribution in [0.1, 0.15) is 36.8 Å². The van der Waals surface area contributed by atoms with Gasteiger partial charge < -0.3 is 24.8 Å². The van der Waals surface area contributed by atoms with Crippen molar-refractivity contribution in [2.45, 2.75) is 44.4 Å². The van der Waals surface area contributed by atoms with Crippen LogP contribution in [0.25, 0.3) is 0 Å². The molecule has 0 radical (unpaired) electrons. The van der Waals surface area contributed by atoms with Gasteiger partial charge in [0.2, 0.25) is 18.6 Å². The second-order valence-corrected chi connectivity index (χ2v) is 10.7. The van der Waals surface area contributed by atoms with Crippen molar-refractivity contribution < 1.29 is 28.6 Å². The van der Waals surface area contributed by atoms with Gasteiger partial charge in [-0.15, -0.1) is 0 Å². The molecule has 4 aliphatic heterocycles.